The minimum absolute atomic E-state index is 0.367. The number of aryl methyl sites for hydroxylation is 3. The van der Waals surface area contributed by atoms with Gasteiger partial charge in [0.2, 0.25) is 0 Å². The number of hydrogen-bond acceptors (Lipinski definition) is 4. The van der Waals surface area contributed by atoms with E-state index in [1.54, 1.807) is 0 Å². The summed E-state index contributed by atoms with van der Waals surface area (Å²) in [6.07, 6.45) is 3.36. The van der Waals surface area contributed by atoms with Crippen molar-refractivity contribution in [3.05, 3.63) is 45.4 Å². The van der Waals surface area contributed by atoms with Crippen LogP contribution in [0.2, 0.25) is 0 Å². The third-order valence-corrected chi connectivity index (χ3v) is 4.35. The van der Waals surface area contributed by atoms with Crippen molar-refractivity contribution in [2.75, 3.05) is 6.54 Å². The maximum absolute atomic E-state index is 4.27. The lowest BCUT2D eigenvalue weighted by Crippen LogP contribution is -2.24. The second kappa shape index (κ2) is 7.50. The normalized spacial score (nSPS) is 12.6. The average Bonchev–Trinajstić information content (AvgIpc) is 2.95. The molecular formula is C16H23N3S. The van der Waals surface area contributed by atoms with Gasteiger partial charge in [-0.3, -0.25) is 0 Å². The second-order valence-corrected chi connectivity index (χ2v) is 6.18. The van der Waals surface area contributed by atoms with Crippen LogP contribution in [-0.2, 0) is 6.42 Å². The van der Waals surface area contributed by atoms with Crippen molar-refractivity contribution < 1.29 is 0 Å². The zero-order valence-corrected chi connectivity index (χ0v) is 13.3. The molecule has 108 valence electrons. The molecule has 0 radical (unpaired) electrons. The summed E-state index contributed by atoms with van der Waals surface area (Å²) in [5.74, 6) is 0. The SMILES string of the molecule is CCCNC(CCc1cccs1)c1cc(C)nnc1C. The number of nitrogens with one attached hydrogen (secondary N) is 1. The highest BCUT2D eigenvalue weighted by atomic mass is 32.1. The molecule has 0 aliphatic rings. The molecule has 0 fully saturated rings. The third kappa shape index (κ3) is 4.12. The molecule has 1 atom stereocenters. The Morgan fingerprint density at radius 1 is 1.30 bits per heavy atom. The quantitative estimate of drug-likeness (QED) is 0.842. The third-order valence-electron chi connectivity index (χ3n) is 3.42. The molecule has 2 aromatic heterocycles. The maximum atomic E-state index is 4.27. The molecule has 0 aliphatic heterocycles. The first kappa shape index (κ1) is 15.1. The predicted octanol–water partition coefficient (Wildman–Crippen LogP) is 3.83. The number of aromatic nitrogens is 2. The van der Waals surface area contributed by atoms with Gasteiger partial charge in [-0.25, -0.2) is 0 Å². The number of hydrogen-bond donors (Lipinski definition) is 1. The number of nitrogens with zero attached hydrogens (tertiary/aromatic N) is 2. The van der Waals surface area contributed by atoms with Crippen LogP contribution in [0, 0.1) is 13.8 Å². The minimum atomic E-state index is 0.367. The van der Waals surface area contributed by atoms with E-state index in [0.717, 1.165) is 37.2 Å². The molecule has 20 heavy (non-hydrogen) atoms. The first-order valence-corrected chi connectivity index (χ1v) is 8.15. The molecule has 0 saturated heterocycles. The van der Waals surface area contributed by atoms with Gasteiger partial charge in [0, 0.05) is 10.9 Å². The molecule has 2 rings (SSSR count). The summed E-state index contributed by atoms with van der Waals surface area (Å²) < 4.78 is 0. The molecule has 0 aromatic carbocycles. The van der Waals surface area contributed by atoms with E-state index in [4.69, 9.17) is 0 Å². The van der Waals surface area contributed by atoms with E-state index < -0.39 is 0 Å². The smallest absolute Gasteiger partial charge is 0.0648 e. The molecular weight excluding hydrogens is 266 g/mol. The van der Waals surface area contributed by atoms with Gasteiger partial charge in [-0.05, 0) is 62.7 Å². The van der Waals surface area contributed by atoms with Gasteiger partial charge >= 0.3 is 0 Å². The maximum Gasteiger partial charge on any atom is 0.0648 e. The predicted molar refractivity (Wildman–Crippen MR) is 85.2 cm³/mol. The number of thiophene rings is 1. The summed E-state index contributed by atoms with van der Waals surface area (Å²) in [5.41, 5.74) is 3.32. The van der Waals surface area contributed by atoms with Crippen LogP contribution < -0.4 is 5.32 Å². The molecule has 0 saturated carbocycles. The monoisotopic (exact) mass is 289 g/mol. The first-order chi connectivity index (χ1) is 9.70. The zero-order valence-electron chi connectivity index (χ0n) is 12.5. The van der Waals surface area contributed by atoms with Crippen molar-refractivity contribution in [1.29, 1.82) is 0 Å². The Morgan fingerprint density at radius 3 is 2.85 bits per heavy atom. The van der Waals surface area contributed by atoms with Crippen LogP contribution in [-0.4, -0.2) is 16.7 Å². The Morgan fingerprint density at radius 2 is 2.15 bits per heavy atom. The molecule has 0 aliphatic carbocycles. The highest BCUT2D eigenvalue weighted by Crippen LogP contribution is 2.23. The Hall–Kier alpha value is -1.26. The van der Waals surface area contributed by atoms with Gasteiger partial charge in [0.1, 0.15) is 0 Å². The standard InChI is InChI=1S/C16H23N3S/c1-4-9-17-16(8-7-14-6-5-10-20-14)15-11-12(2)18-19-13(15)3/h5-6,10-11,16-17H,4,7-9H2,1-3H3. The lowest BCUT2D eigenvalue weighted by atomic mass is 10.00. The van der Waals surface area contributed by atoms with E-state index in [2.05, 4.69) is 46.0 Å². The lowest BCUT2D eigenvalue weighted by molar-refractivity contribution is 0.495. The van der Waals surface area contributed by atoms with Crippen LogP contribution in [0.3, 0.4) is 0 Å². The Labute approximate surface area is 125 Å². The van der Waals surface area contributed by atoms with Gasteiger partial charge < -0.3 is 5.32 Å². The molecule has 1 unspecified atom stereocenters. The van der Waals surface area contributed by atoms with E-state index in [1.807, 2.05) is 25.2 Å². The van der Waals surface area contributed by atoms with Gasteiger partial charge in [-0.15, -0.1) is 11.3 Å². The summed E-state index contributed by atoms with van der Waals surface area (Å²) in [6.45, 7) is 7.29. The molecule has 3 nitrogen and oxygen atoms in total. The Balaban J connectivity index is 2.11. The van der Waals surface area contributed by atoms with Crippen LogP contribution in [0.4, 0.5) is 0 Å². The Bertz CT molecular complexity index is 523. The van der Waals surface area contributed by atoms with Crippen LogP contribution in [0.25, 0.3) is 0 Å². The zero-order chi connectivity index (χ0) is 14.4. The van der Waals surface area contributed by atoms with Crippen LogP contribution in [0.1, 0.15) is 47.6 Å². The van der Waals surface area contributed by atoms with Crippen LogP contribution in [0.15, 0.2) is 23.6 Å². The molecule has 0 bridgehead atoms. The van der Waals surface area contributed by atoms with E-state index >= 15 is 0 Å². The summed E-state index contributed by atoms with van der Waals surface area (Å²) in [5, 5.41) is 14.2. The van der Waals surface area contributed by atoms with Gasteiger partial charge in [-0.1, -0.05) is 13.0 Å². The topological polar surface area (TPSA) is 37.8 Å². The van der Waals surface area contributed by atoms with E-state index in [0.29, 0.717) is 6.04 Å². The average molecular weight is 289 g/mol. The van der Waals surface area contributed by atoms with Crippen LogP contribution in [0.5, 0.6) is 0 Å². The second-order valence-electron chi connectivity index (χ2n) is 5.15. The van der Waals surface area contributed by atoms with E-state index in [9.17, 15) is 0 Å². The molecule has 2 heterocycles. The van der Waals surface area contributed by atoms with E-state index in [-0.39, 0.29) is 0 Å². The van der Waals surface area contributed by atoms with Gasteiger partial charge in [0.25, 0.3) is 0 Å². The van der Waals surface area contributed by atoms with Crippen molar-refractivity contribution in [2.45, 2.75) is 46.1 Å². The molecule has 1 N–H and O–H groups in total. The first-order valence-electron chi connectivity index (χ1n) is 7.27. The van der Waals surface area contributed by atoms with Crippen molar-refractivity contribution in [2.24, 2.45) is 0 Å². The number of rotatable bonds is 7. The Kier molecular flexibility index (Phi) is 5.68. The summed E-state index contributed by atoms with van der Waals surface area (Å²) in [6, 6.07) is 6.87. The molecule has 4 heteroatoms. The van der Waals surface area contributed by atoms with Gasteiger partial charge in [0.05, 0.1) is 11.4 Å². The van der Waals surface area contributed by atoms with Crippen LogP contribution >= 0.6 is 11.3 Å². The molecule has 2 aromatic rings. The molecule has 0 amide bonds. The van der Waals surface area contributed by atoms with E-state index in [1.165, 1.54) is 10.4 Å². The lowest BCUT2D eigenvalue weighted by Gasteiger charge is -2.20. The fourth-order valence-electron chi connectivity index (χ4n) is 2.35. The minimum Gasteiger partial charge on any atom is -0.310 e. The van der Waals surface area contributed by atoms with Crippen molar-refractivity contribution in [3.8, 4) is 0 Å². The van der Waals surface area contributed by atoms with Crippen molar-refractivity contribution >= 4 is 11.3 Å². The summed E-state index contributed by atoms with van der Waals surface area (Å²) in [7, 11) is 0. The molecule has 0 spiro atoms. The fraction of sp³-hybridized carbons (Fsp3) is 0.500. The largest absolute Gasteiger partial charge is 0.310 e. The highest BCUT2D eigenvalue weighted by molar-refractivity contribution is 7.09. The summed E-state index contributed by atoms with van der Waals surface area (Å²) >= 11 is 1.84. The van der Waals surface area contributed by atoms with Gasteiger partial charge in [0.15, 0.2) is 0 Å². The van der Waals surface area contributed by atoms with Crippen molar-refractivity contribution in [3.63, 3.8) is 0 Å². The van der Waals surface area contributed by atoms with Crippen molar-refractivity contribution in [1.82, 2.24) is 15.5 Å². The summed E-state index contributed by atoms with van der Waals surface area (Å²) in [4.78, 5) is 1.45. The van der Waals surface area contributed by atoms with Gasteiger partial charge in [-0.2, -0.15) is 10.2 Å². The fourth-order valence-corrected chi connectivity index (χ4v) is 3.07. The highest BCUT2D eigenvalue weighted by Gasteiger charge is 2.15.